The van der Waals surface area contributed by atoms with Gasteiger partial charge in [0, 0.05) is 36.2 Å². The van der Waals surface area contributed by atoms with Crippen molar-refractivity contribution in [2.45, 2.75) is 12.2 Å². The molecule has 1 amide bonds. The molecule has 1 aliphatic heterocycles. The SMILES string of the molecule is CN1C(=O)C(c2cc(Cl)cc(-c3cnc(F)nc3)c2)(c2ccnc(CF)c2)N=C1N. The molecule has 30 heavy (non-hydrogen) atoms. The van der Waals surface area contributed by atoms with Crippen LogP contribution < -0.4 is 5.73 Å². The predicted octanol–water partition coefficient (Wildman–Crippen LogP) is 2.83. The third-order valence-corrected chi connectivity index (χ3v) is 5.10. The molecule has 2 aromatic heterocycles. The van der Waals surface area contributed by atoms with E-state index in [1.54, 1.807) is 24.3 Å². The molecule has 0 aliphatic carbocycles. The minimum Gasteiger partial charge on any atom is -0.369 e. The first-order valence-electron chi connectivity index (χ1n) is 8.79. The smallest absolute Gasteiger partial charge is 0.308 e. The summed E-state index contributed by atoms with van der Waals surface area (Å²) in [5, 5.41) is 0.307. The van der Waals surface area contributed by atoms with Crippen LogP contribution in [0.1, 0.15) is 16.8 Å². The zero-order chi connectivity index (χ0) is 21.5. The lowest BCUT2D eigenvalue weighted by molar-refractivity contribution is -0.129. The number of amides is 1. The number of hydrogen-bond acceptors (Lipinski definition) is 6. The van der Waals surface area contributed by atoms with Gasteiger partial charge < -0.3 is 5.73 Å². The second-order valence-corrected chi connectivity index (χ2v) is 7.12. The minimum absolute atomic E-state index is 0.00486. The molecule has 0 spiro atoms. The molecule has 3 aromatic rings. The highest BCUT2D eigenvalue weighted by molar-refractivity contribution is 6.31. The van der Waals surface area contributed by atoms with E-state index in [0.29, 0.717) is 27.3 Å². The summed E-state index contributed by atoms with van der Waals surface area (Å²) in [6.45, 7) is -0.805. The second kappa shape index (κ2) is 7.42. The van der Waals surface area contributed by atoms with Crippen LogP contribution in [0.4, 0.5) is 8.78 Å². The number of rotatable bonds is 4. The number of pyridine rings is 1. The highest BCUT2D eigenvalue weighted by Crippen LogP contribution is 2.41. The Bertz CT molecular complexity index is 1170. The first-order valence-corrected chi connectivity index (χ1v) is 9.17. The van der Waals surface area contributed by atoms with Gasteiger partial charge in [-0.3, -0.25) is 14.7 Å². The van der Waals surface area contributed by atoms with E-state index in [1.807, 2.05) is 0 Å². The van der Waals surface area contributed by atoms with Gasteiger partial charge in [0.05, 0.1) is 5.69 Å². The largest absolute Gasteiger partial charge is 0.369 e. The monoisotopic (exact) mass is 428 g/mol. The van der Waals surface area contributed by atoms with E-state index < -0.39 is 24.2 Å². The van der Waals surface area contributed by atoms with Gasteiger partial charge in [0.1, 0.15) is 6.67 Å². The summed E-state index contributed by atoms with van der Waals surface area (Å²) in [6, 6.07) is 7.93. The lowest BCUT2D eigenvalue weighted by Gasteiger charge is -2.27. The summed E-state index contributed by atoms with van der Waals surface area (Å²) in [7, 11) is 1.50. The Hall–Kier alpha value is -3.46. The van der Waals surface area contributed by atoms with Crippen LogP contribution in [0.25, 0.3) is 11.1 Å². The van der Waals surface area contributed by atoms with Crippen LogP contribution in [0.2, 0.25) is 5.02 Å². The lowest BCUT2D eigenvalue weighted by Crippen LogP contribution is -2.41. The number of benzene rings is 1. The normalized spacial score (nSPS) is 18.6. The van der Waals surface area contributed by atoms with Gasteiger partial charge in [-0.25, -0.2) is 19.4 Å². The van der Waals surface area contributed by atoms with E-state index in [-0.39, 0.29) is 11.7 Å². The maximum Gasteiger partial charge on any atom is 0.308 e. The molecule has 1 aliphatic rings. The van der Waals surface area contributed by atoms with Crippen molar-refractivity contribution in [3.8, 4) is 11.1 Å². The second-order valence-electron chi connectivity index (χ2n) is 6.68. The van der Waals surface area contributed by atoms with Crippen LogP contribution in [0.15, 0.2) is 53.9 Å². The number of likely N-dealkylation sites (N-methyl/N-ethyl adjacent to an activating group) is 1. The average Bonchev–Trinajstić information content (AvgIpc) is 2.98. The fourth-order valence-corrected chi connectivity index (χ4v) is 3.62. The number of alkyl halides is 1. The Morgan fingerprint density at radius 1 is 1.10 bits per heavy atom. The molecule has 10 heteroatoms. The van der Waals surface area contributed by atoms with Crippen molar-refractivity contribution in [3.05, 3.63) is 76.8 Å². The van der Waals surface area contributed by atoms with Crippen molar-refractivity contribution in [1.29, 1.82) is 0 Å². The van der Waals surface area contributed by atoms with E-state index in [1.165, 1.54) is 36.6 Å². The Labute approximate surface area is 175 Å². The molecule has 0 fully saturated rings. The summed E-state index contributed by atoms with van der Waals surface area (Å²) >= 11 is 6.35. The summed E-state index contributed by atoms with van der Waals surface area (Å²) < 4.78 is 26.4. The number of aliphatic imine (C=N–C) groups is 1. The predicted molar refractivity (Wildman–Crippen MR) is 107 cm³/mol. The molecule has 2 N–H and O–H groups in total. The third-order valence-electron chi connectivity index (χ3n) is 4.88. The first kappa shape index (κ1) is 19.8. The Morgan fingerprint density at radius 3 is 2.47 bits per heavy atom. The fraction of sp³-hybridized carbons (Fsp3) is 0.150. The number of guanidine groups is 1. The van der Waals surface area contributed by atoms with Crippen molar-refractivity contribution in [3.63, 3.8) is 0 Å². The van der Waals surface area contributed by atoms with E-state index >= 15 is 0 Å². The molecule has 4 rings (SSSR count). The number of nitrogens with zero attached hydrogens (tertiary/aromatic N) is 5. The zero-order valence-corrected chi connectivity index (χ0v) is 16.4. The highest BCUT2D eigenvalue weighted by Gasteiger charge is 2.50. The number of carbonyl (C=O) groups is 1. The van der Waals surface area contributed by atoms with Crippen molar-refractivity contribution >= 4 is 23.5 Å². The summed E-state index contributed by atoms with van der Waals surface area (Å²) in [5.41, 5.74) is 6.38. The number of halogens is 3. The molecule has 7 nitrogen and oxygen atoms in total. The Kier molecular flexibility index (Phi) is 4.90. The third kappa shape index (κ3) is 3.17. The molecule has 152 valence electrons. The van der Waals surface area contributed by atoms with Crippen LogP contribution in [0, 0.1) is 6.08 Å². The molecule has 1 unspecified atom stereocenters. The van der Waals surface area contributed by atoms with Crippen molar-refractivity contribution in [1.82, 2.24) is 19.9 Å². The van der Waals surface area contributed by atoms with Crippen LogP contribution in [-0.2, 0) is 17.0 Å². The number of carbonyl (C=O) groups excluding carboxylic acids is 1. The standard InChI is InChI=1S/C20H15ClF2N6O/c1-29-17(30)20(28-19(29)24,13-2-3-25-16(7-13)8-22)14-4-11(5-15(21)6-14)12-9-26-18(23)27-10-12/h2-7,9-10H,8H2,1H3,(H2,24,28). The lowest BCUT2D eigenvalue weighted by atomic mass is 9.82. The molecule has 0 saturated carbocycles. The molecule has 0 bridgehead atoms. The number of nitrogens with two attached hydrogens (primary N) is 1. The summed E-state index contributed by atoms with van der Waals surface area (Å²) in [6.07, 6.45) is 3.15. The zero-order valence-electron chi connectivity index (χ0n) is 15.7. The quantitative estimate of drug-likeness (QED) is 0.644. The van der Waals surface area contributed by atoms with E-state index in [4.69, 9.17) is 17.3 Å². The van der Waals surface area contributed by atoms with Gasteiger partial charge in [-0.1, -0.05) is 11.6 Å². The van der Waals surface area contributed by atoms with Gasteiger partial charge in [0.25, 0.3) is 5.91 Å². The fourth-order valence-electron chi connectivity index (χ4n) is 3.39. The van der Waals surface area contributed by atoms with Crippen molar-refractivity contribution in [2.75, 3.05) is 7.05 Å². The van der Waals surface area contributed by atoms with E-state index in [2.05, 4.69) is 19.9 Å². The van der Waals surface area contributed by atoms with Gasteiger partial charge in [-0.05, 0) is 47.0 Å². The van der Waals surface area contributed by atoms with E-state index in [9.17, 15) is 13.6 Å². The molecule has 0 radical (unpaired) electrons. The Morgan fingerprint density at radius 2 is 1.83 bits per heavy atom. The molecule has 1 aromatic carbocycles. The maximum atomic E-state index is 13.3. The van der Waals surface area contributed by atoms with Crippen LogP contribution in [-0.4, -0.2) is 38.8 Å². The molecular formula is C20H15ClF2N6O. The van der Waals surface area contributed by atoms with Gasteiger partial charge in [0.15, 0.2) is 11.5 Å². The summed E-state index contributed by atoms with van der Waals surface area (Å²) in [4.78, 5) is 30.1. The van der Waals surface area contributed by atoms with Gasteiger partial charge in [0.2, 0.25) is 0 Å². The number of aromatic nitrogens is 3. The molecule has 1 atom stereocenters. The number of hydrogen-bond donors (Lipinski definition) is 1. The van der Waals surface area contributed by atoms with Crippen molar-refractivity contribution < 1.29 is 13.6 Å². The van der Waals surface area contributed by atoms with E-state index in [0.717, 1.165) is 0 Å². The van der Waals surface area contributed by atoms with Gasteiger partial charge >= 0.3 is 6.08 Å². The average molecular weight is 429 g/mol. The van der Waals surface area contributed by atoms with Crippen LogP contribution in [0.5, 0.6) is 0 Å². The van der Waals surface area contributed by atoms with Crippen LogP contribution in [0.3, 0.4) is 0 Å². The molecule has 3 heterocycles. The molecular weight excluding hydrogens is 414 g/mol. The van der Waals surface area contributed by atoms with Crippen LogP contribution >= 0.6 is 11.6 Å². The van der Waals surface area contributed by atoms with Gasteiger partial charge in [-0.2, -0.15) is 4.39 Å². The highest BCUT2D eigenvalue weighted by atomic mass is 35.5. The first-order chi connectivity index (χ1) is 14.3. The minimum atomic E-state index is -1.58. The Balaban J connectivity index is 1.97. The maximum absolute atomic E-state index is 13.3. The van der Waals surface area contributed by atoms with Gasteiger partial charge in [-0.15, -0.1) is 0 Å². The van der Waals surface area contributed by atoms with Crippen molar-refractivity contribution in [2.24, 2.45) is 10.7 Å². The topological polar surface area (TPSA) is 97.4 Å². The molecule has 0 saturated heterocycles. The summed E-state index contributed by atoms with van der Waals surface area (Å²) in [5.74, 6) is -0.426.